The molecule has 0 aromatic heterocycles. The molecule has 3 rings (SSSR count). The Balaban J connectivity index is 2.05. The summed E-state index contributed by atoms with van der Waals surface area (Å²) in [4.78, 5) is 0. The van der Waals surface area contributed by atoms with Crippen molar-refractivity contribution in [1.29, 1.82) is 0 Å². The Morgan fingerprint density at radius 2 is 1.25 bits per heavy atom. The van der Waals surface area contributed by atoms with Crippen LogP contribution in [0, 0.1) is 0 Å². The van der Waals surface area contributed by atoms with E-state index in [9.17, 15) is 13.2 Å². The molecule has 1 saturated heterocycles. The van der Waals surface area contributed by atoms with Crippen molar-refractivity contribution in [3.63, 3.8) is 0 Å². The molecule has 5 atom stereocenters. The first-order valence-electron chi connectivity index (χ1n) is 6.50. The third-order valence-corrected chi connectivity index (χ3v) is 6.52. The molecule has 0 bridgehead atoms. The smallest absolute Gasteiger partial charge is 0.167 e. The molecule has 0 aliphatic carbocycles. The first kappa shape index (κ1) is 13.6. The number of rotatable bonds is 2. The van der Waals surface area contributed by atoms with Gasteiger partial charge in [-0.15, -0.1) is 0 Å². The highest BCUT2D eigenvalue weighted by Crippen LogP contribution is 2.64. The van der Waals surface area contributed by atoms with E-state index >= 15 is 0 Å². The fourth-order valence-electron chi connectivity index (χ4n) is 2.68. The van der Waals surface area contributed by atoms with E-state index in [0.717, 1.165) is 0 Å². The fraction of sp³-hybridized carbons (Fsp3) is 0.250. The number of hydrogen-bond donors (Lipinski definition) is 0. The zero-order valence-corrected chi connectivity index (χ0v) is 11.6. The summed E-state index contributed by atoms with van der Waals surface area (Å²) >= 11 is 0. The molecule has 0 nitrogen and oxygen atoms in total. The van der Waals surface area contributed by atoms with Crippen LogP contribution in [0.1, 0.15) is 11.2 Å². The molecule has 2 aromatic rings. The van der Waals surface area contributed by atoms with Crippen LogP contribution in [0.3, 0.4) is 0 Å². The summed E-state index contributed by atoms with van der Waals surface area (Å²) in [5.41, 5.74) is -0.0311. The monoisotopic (exact) mass is 294 g/mol. The maximum Gasteiger partial charge on any atom is 0.167 e. The van der Waals surface area contributed by atoms with Gasteiger partial charge in [0.25, 0.3) is 0 Å². The van der Waals surface area contributed by atoms with Crippen molar-refractivity contribution in [3.8, 4) is 0 Å². The Bertz CT molecular complexity index is 509. The molecule has 1 fully saturated rings. The average molecular weight is 294 g/mol. The van der Waals surface area contributed by atoms with Gasteiger partial charge in [0.2, 0.25) is 0 Å². The normalized spacial score (nSPS) is 33.2. The van der Waals surface area contributed by atoms with Crippen LogP contribution >= 0.6 is 7.92 Å². The zero-order chi connectivity index (χ0) is 14.1. The minimum Gasteiger partial charge on any atom is -0.243 e. The summed E-state index contributed by atoms with van der Waals surface area (Å²) in [6, 6.07) is 17.8. The van der Waals surface area contributed by atoms with Crippen LogP contribution in [0.25, 0.3) is 0 Å². The van der Waals surface area contributed by atoms with Gasteiger partial charge in [0.1, 0.15) is 6.17 Å². The van der Waals surface area contributed by atoms with E-state index in [1.165, 1.54) is 0 Å². The number of hydrogen-bond acceptors (Lipinski definition) is 0. The van der Waals surface area contributed by atoms with E-state index in [-0.39, 0.29) is 0 Å². The van der Waals surface area contributed by atoms with Crippen molar-refractivity contribution in [3.05, 3.63) is 66.2 Å². The molecule has 20 heavy (non-hydrogen) atoms. The highest BCUT2D eigenvalue weighted by atomic mass is 31.1. The number of halogens is 3. The molecule has 1 aliphatic rings. The summed E-state index contributed by atoms with van der Waals surface area (Å²) in [7, 11) is -1.54. The van der Waals surface area contributed by atoms with Crippen LogP contribution in [-0.2, 0) is 0 Å². The largest absolute Gasteiger partial charge is 0.243 e. The van der Waals surface area contributed by atoms with E-state index in [1.54, 1.807) is 48.5 Å². The predicted octanol–water partition coefficient (Wildman–Crippen LogP) is 4.52. The lowest BCUT2D eigenvalue weighted by atomic mass is 10.1. The first-order valence-corrected chi connectivity index (χ1v) is 7.98. The summed E-state index contributed by atoms with van der Waals surface area (Å²) < 4.78 is 42.4. The van der Waals surface area contributed by atoms with Crippen LogP contribution in [0.2, 0.25) is 0 Å². The lowest BCUT2D eigenvalue weighted by Crippen LogP contribution is -2.19. The molecular formula is C16H14F3P. The SMILES string of the molecule is FC1C(F)C(c2ccccc2)P(c2ccccc2)C1F. The predicted molar refractivity (Wildman–Crippen MR) is 76.9 cm³/mol. The van der Waals surface area contributed by atoms with Crippen LogP contribution in [0.15, 0.2) is 60.7 Å². The molecule has 1 heterocycles. The lowest BCUT2D eigenvalue weighted by molar-refractivity contribution is 0.137. The van der Waals surface area contributed by atoms with Crippen molar-refractivity contribution in [1.82, 2.24) is 0 Å². The quantitative estimate of drug-likeness (QED) is 0.714. The van der Waals surface area contributed by atoms with Crippen LogP contribution in [-0.4, -0.2) is 18.3 Å². The van der Waals surface area contributed by atoms with Gasteiger partial charge in [-0.05, 0) is 18.8 Å². The van der Waals surface area contributed by atoms with Gasteiger partial charge in [-0.1, -0.05) is 60.7 Å². The van der Waals surface area contributed by atoms with Crippen molar-refractivity contribution in [2.45, 2.75) is 23.9 Å². The third-order valence-electron chi connectivity index (χ3n) is 3.63. The van der Waals surface area contributed by atoms with E-state index in [4.69, 9.17) is 0 Å². The van der Waals surface area contributed by atoms with Crippen LogP contribution < -0.4 is 5.30 Å². The molecule has 104 valence electrons. The van der Waals surface area contributed by atoms with Gasteiger partial charge in [-0.25, -0.2) is 13.2 Å². The molecule has 0 spiro atoms. The van der Waals surface area contributed by atoms with Gasteiger partial charge in [0.15, 0.2) is 12.1 Å². The molecular weight excluding hydrogens is 280 g/mol. The van der Waals surface area contributed by atoms with E-state index in [1.807, 2.05) is 12.1 Å². The number of benzene rings is 2. The Kier molecular flexibility index (Phi) is 3.80. The Morgan fingerprint density at radius 3 is 1.85 bits per heavy atom. The zero-order valence-electron chi connectivity index (χ0n) is 10.7. The van der Waals surface area contributed by atoms with E-state index in [0.29, 0.717) is 10.9 Å². The summed E-state index contributed by atoms with van der Waals surface area (Å²) in [5, 5.41) is 0.714. The van der Waals surface area contributed by atoms with Gasteiger partial charge in [0, 0.05) is 5.66 Å². The standard InChI is InChI=1S/C16H14F3P/c17-13-14(18)16(19)20(12-9-5-2-6-10-12)15(13)11-7-3-1-4-8-11/h1-10,13-16H. The van der Waals surface area contributed by atoms with Crippen LogP contribution in [0.4, 0.5) is 13.2 Å². The van der Waals surface area contributed by atoms with Gasteiger partial charge in [-0.2, -0.15) is 0 Å². The molecule has 1 aliphatic heterocycles. The van der Waals surface area contributed by atoms with Crippen molar-refractivity contribution >= 4 is 13.2 Å². The maximum absolute atomic E-state index is 14.3. The minimum absolute atomic E-state index is 0.678. The summed E-state index contributed by atoms with van der Waals surface area (Å²) in [5.74, 6) is -1.74. The topological polar surface area (TPSA) is 0 Å². The molecule has 5 unspecified atom stereocenters. The highest BCUT2D eigenvalue weighted by Gasteiger charge is 2.53. The van der Waals surface area contributed by atoms with Gasteiger partial charge >= 0.3 is 0 Å². The van der Waals surface area contributed by atoms with Crippen molar-refractivity contribution < 1.29 is 13.2 Å². The second-order valence-electron chi connectivity index (χ2n) is 4.86. The van der Waals surface area contributed by atoms with Gasteiger partial charge < -0.3 is 0 Å². The Labute approximate surface area is 117 Å². The molecule has 2 aromatic carbocycles. The Hall–Kier alpha value is -1.34. The highest BCUT2D eigenvalue weighted by molar-refractivity contribution is 7.67. The maximum atomic E-state index is 14.3. The van der Waals surface area contributed by atoms with Crippen molar-refractivity contribution in [2.75, 3.05) is 0 Å². The lowest BCUT2D eigenvalue weighted by Gasteiger charge is -2.22. The fourth-order valence-corrected chi connectivity index (χ4v) is 5.55. The number of alkyl halides is 3. The van der Waals surface area contributed by atoms with E-state index in [2.05, 4.69) is 0 Å². The molecule has 0 amide bonds. The summed E-state index contributed by atoms with van der Waals surface area (Å²) in [6.45, 7) is 0. The molecule has 0 saturated carbocycles. The van der Waals surface area contributed by atoms with E-state index < -0.39 is 31.8 Å². The van der Waals surface area contributed by atoms with Gasteiger partial charge in [0.05, 0.1) is 0 Å². The minimum atomic E-state index is -2.04. The third kappa shape index (κ3) is 2.25. The first-order chi connectivity index (χ1) is 9.70. The Morgan fingerprint density at radius 1 is 0.700 bits per heavy atom. The second kappa shape index (κ2) is 5.57. The molecule has 4 heteroatoms. The molecule has 0 radical (unpaired) electrons. The van der Waals surface area contributed by atoms with Crippen LogP contribution in [0.5, 0.6) is 0 Å². The average Bonchev–Trinajstić information content (AvgIpc) is 2.73. The van der Waals surface area contributed by atoms with Crippen molar-refractivity contribution in [2.24, 2.45) is 0 Å². The molecule has 0 N–H and O–H groups in total. The second-order valence-corrected chi connectivity index (χ2v) is 7.24. The summed E-state index contributed by atoms with van der Waals surface area (Å²) in [6.07, 6.45) is -3.81. The van der Waals surface area contributed by atoms with Gasteiger partial charge in [-0.3, -0.25) is 0 Å².